The van der Waals surface area contributed by atoms with Crippen molar-refractivity contribution in [3.63, 3.8) is 0 Å². The number of benzene rings is 1. The Kier molecular flexibility index (Phi) is 2.93. The van der Waals surface area contributed by atoms with Crippen LogP contribution in [-0.4, -0.2) is 4.98 Å². The van der Waals surface area contributed by atoms with Crippen LogP contribution in [0.1, 0.15) is 10.6 Å². The van der Waals surface area contributed by atoms with Crippen LogP contribution in [0.15, 0.2) is 35.2 Å². The predicted molar refractivity (Wildman–Crippen MR) is 60.3 cm³/mol. The lowest BCUT2D eigenvalue weighted by atomic mass is 10.1. The van der Waals surface area contributed by atoms with Crippen molar-refractivity contribution in [1.29, 1.82) is 0 Å². The highest BCUT2D eigenvalue weighted by Crippen LogP contribution is 2.26. The third-order valence-corrected chi connectivity index (χ3v) is 3.01. The van der Waals surface area contributed by atoms with Gasteiger partial charge in [-0.1, -0.05) is 24.3 Å². The van der Waals surface area contributed by atoms with E-state index < -0.39 is 5.08 Å². The van der Waals surface area contributed by atoms with Crippen LogP contribution in [0.25, 0.3) is 11.3 Å². The van der Waals surface area contributed by atoms with E-state index in [0.29, 0.717) is 5.56 Å². The van der Waals surface area contributed by atoms with Crippen LogP contribution in [0.4, 0.5) is 4.39 Å². The molecule has 4 heteroatoms. The predicted octanol–water partition coefficient (Wildman–Crippen LogP) is 4.17. The van der Waals surface area contributed by atoms with Crippen LogP contribution < -0.4 is 0 Å². The summed E-state index contributed by atoms with van der Waals surface area (Å²) in [5.41, 5.74) is 4.37. The number of alkyl halides is 2. The number of rotatable bonds is 2. The smallest absolute Gasteiger partial charge is 0.180 e. The molecule has 0 bridgehead atoms. The third-order valence-electron chi connectivity index (χ3n) is 1.89. The number of nitrogens with zero attached hydrogens (tertiary/aromatic N) is 1. The quantitative estimate of drug-likeness (QED) is 0.747. The monoisotopic (exact) mass is 271 g/mol. The molecule has 2 aromatic rings. The summed E-state index contributed by atoms with van der Waals surface area (Å²) >= 11 is 4.43. The average molecular weight is 272 g/mol. The summed E-state index contributed by atoms with van der Waals surface area (Å²) in [6.45, 7) is 0. The fourth-order valence-corrected chi connectivity index (χ4v) is 2.02. The first kappa shape index (κ1) is 9.80. The van der Waals surface area contributed by atoms with E-state index >= 15 is 0 Å². The van der Waals surface area contributed by atoms with E-state index in [9.17, 15) is 4.39 Å². The number of halogens is 2. The summed E-state index contributed by atoms with van der Waals surface area (Å²) in [4.78, 5) is 4.17. The largest absolute Gasteiger partial charge is 0.245 e. The molecule has 0 aliphatic carbocycles. The van der Waals surface area contributed by atoms with Crippen molar-refractivity contribution in [2.45, 2.75) is 5.08 Å². The molecular weight excluding hydrogens is 265 g/mol. The van der Waals surface area contributed by atoms with Crippen LogP contribution >= 0.6 is 27.3 Å². The molecule has 0 fully saturated rings. The van der Waals surface area contributed by atoms with Gasteiger partial charge in [0.15, 0.2) is 5.08 Å². The molecule has 1 aromatic carbocycles. The fraction of sp³-hybridized carbons (Fsp3) is 0.100. The van der Waals surface area contributed by atoms with Gasteiger partial charge < -0.3 is 0 Å². The lowest BCUT2D eigenvalue weighted by Gasteiger charge is -2.01. The van der Waals surface area contributed by atoms with E-state index in [1.807, 2.05) is 17.5 Å². The molecule has 1 aromatic heterocycles. The Hall–Kier alpha value is -0.740. The minimum absolute atomic E-state index is 0.629. The topological polar surface area (TPSA) is 12.9 Å². The minimum Gasteiger partial charge on any atom is -0.245 e. The summed E-state index contributed by atoms with van der Waals surface area (Å²) in [7, 11) is 0. The number of thiazole rings is 1. The van der Waals surface area contributed by atoms with Gasteiger partial charge in [0.1, 0.15) is 0 Å². The molecule has 0 aliphatic rings. The molecule has 14 heavy (non-hydrogen) atoms. The van der Waals surface area contributed by atoms with Crippen LogP contribution in [0.5, 0.6) is 0 Å². The van der Waals surface area contributed by atoms with E-state index in [1.165, 1.54) is 0 Å². The fourth-order valence-electron chi connectivity index (χ4n) is 1.15. The molecule has 0 amide bonds. The van der Waals surface area contributed by atoms with Crippen molar-refractivity contribution in [1.82, 2.24) is 4.98 Å². The van der Waals surface area contributed by atoms with Gasteiger partial charge in [-0.05, 0) is 21.5 Å². The summed E-state index contributed by atoms with van der Waals surface area (Å²) in [6.07, 6.45) is 0. The van der Waals surface area contributed by atoms with Crippen molar-refractivity contribution >= 4 is 27.3 Å². The maximum Gasteiger partial charge on any atom is 0.180 e. The number of hydrogen-bond donors (Lipinski definition) is 0. The lowest BCUT2D eigenvalue weighted by Crippen LogP contribution is -1.82. The van der Waals surface area contributed by atoms with Gasteiger partial charge in [0.2, 0.25) is 0 Å². The second-order valence-electron chi connectivity index (χ2n) is 2.80. The zero-order valence-electron chi connectivity index (χ0n) is 7.15. The van der Waals surface area contributed by atoms with Gasteiger partial charge in [0.25, 0.3) is 0 Å². The molecule has 1 heterocycles. The van der Waals surface area contributed by atoms with Crippen LogP contribution in [-0.2, 0) is 0 Å². The molecule has 0 N–H and O–H groups in total. The van der Waals surface area contributed by atoms with Gasteiger partial charge in [-0.2, -0.15) is 0 Å². The Bertz CT molecular complexity index is 397. The Labute approximate surface area is 93.7 Å². The highest BCUT2D eigenvalue weighted by molar-refractivity contribution is 9.09. The first-order valence-electron chi connectivity index (χ1n) is 4.04. The van der Waals surface area contributed by atoms with E-state index in [4.69, 9.17) is 0 Å². The van der Waals surface area contributed by atoms with E-state index in [1.54, 1.807) is 29.0 Å². The van der Waals surface area contributed by atoms with E-state index in [2.05, 4.69) is 20.9 Å². The van der Waals surface area contributed by atoms with Crippen molar-refractivity contribution in [3.8, 4) is 11.3 Å². The standard InChI is InChI=1S/C10H7BrFNS/c11-10(12)8-3-1-7(2-4-8)9-5-14-6-13-9/h1-6,10H. The SMILES string of the molecule is FC(Br)c1ccc(-c2cscn2)cc1. The van der Waals surface area contributed by atoms with Crippen LogP contribution in [0, 0.1) is 0 Å². The zero-order chi connectivity index (χ0) is 9.97. The molecular formula is C10H7BrFNS. The van der Waals surface area contributed by atoms with Gasteiger partial charge in [-0.15, -0.1) is 11.3 Å². The van der Waals surface area contributed by atoms with Crippen molar-refractivity contribution < 1.29 is 4.39 Å². The van der Waals surface area contributed by atoms with Gasteiger partial charge in [-0.3, -0.25) is 0 Å². The second-order valence-corrected chi connectivity index (χ2v) is 4.32. The van der Waals surface area contributed by atoms with Gasteiger partial charge in [0, 0.05) is 10.9 Å². The van der Waals surface area contributed by atoms with Crippen molar-refractivity contribution in [3.05, 3.63) is 40.7 Å². The summed E-state index contributed by atoms with van der Waals surface area (Å²) in [5.74, 6) is 0. The second kappa shape index (κ2) is 4.19. The third kappa shape index (κ3) is 2.01. The van der Waals surface area contributed by atoms with Crippen LogP contribution in [0.3, 0.4) is 0 Å². The lowest BCUT2D eigenvalue weighted by molar-refractivity contribution is 0.479. The molecule has 1 nitrogen and oxygen atoms in total. The van der Waals surface area contributed by atoms with E-state index in [0.717, 1.165) is 11.3 Å². The van der Waals surface area contributed by atoms with Crippen molar-refractivity contribution in [2.75, 3.05) is 0 Å². The van der Waals surface area contributed by atoms with E-state index in [-0.39, 0.29) is 0 Å². The summed E-state index contributed by atoms with van der Waals surface area (Å²) in [6, 6.07) is 7.26. The minimum atomic E-state index is -1.09. The van der Waals surface area contributed by atoms with Crippen LogP contribution in [0.2, 0.25) is 0 Å². The van der Waals surface area contributed by atoms with Gasteiger partial charge >= 0.3 is 0 Å². The Morgan fingerprint density at radius 1 is 1.29 bits per heavy atom. The Morgan fingerprint density at radius 3 is 2.50 bits per heavy atom. The molecule has 72 valence electrons. The highest BCUT2D eigenvalue weighted by atomic mass is 79.9. The molecule has 0 saturated heterocycles. The maximum absolute atomic E-state index is 12.8. The molecule has 0 saturated carbocycles. The van der Waals surface area contributed by atoms with Gasteiger partial charge in [0.05, 0.1) is 11.2 Å². The first-order valence-corrected chi connectivity index (χ1v) is 5.90. The zero-order valence-corrected chi connectivity index (χ0v) is 9.56. The molecule has 2 rings (SSSR count). The Balaban J connectivity index is 2.31. The molecule has 1 unspecified atom stereocenters. The summed E-state index contributed by atoms with van der Waals surface area (Å²) < 4.78 is 12.8. The van der Waals surface area contributed by atoms with Crippen molar-refractivity contribution in [2.24, 2.45) is 0 Å². The number of hydrogen-bond acceptors (Lipinski definition) is 2. The molecule has 1 atom stereocenters. The molecule has 0 aliphatic heterocycles. The first-order chi connectivity index (χ1) is 6.77. The maximum atomic E-state index is 12.8. The molecule has 0 radical (unpaired) electrons. The van der Waals surface area contributed by atoms with Gasteiger partial charge in [-0.25, -0.2) is 9.37 Å². The molecule has 0 spiro atoms. The Morgan fingerprint density at radius 2 is 2.00 bits per heavy atom. The normalized spacial score (nSPS) is 12.7. The number of aromatic nitrogens is 1. The average Bonchev–Trinajstić information content (AvgIpc) is 2.71. The highest BCUT2D eigenvalue weighted by Gasteiger charge is 2.05. The summed E-state index contributed by atoms with van der Waals surface area (Å²) in [5, 5.41) is 0.878.